The zero-order chi connectivity index (χ0) is 12.5. The zero-order valence-electron chi connectivity index (χ0n) is 9.34. The van der Waals surface area contributed by atoms with Crippen LogP contribution in [0.4, 0.5) is 4.39 Å². The zero-order valence-corrected chi connectivity index (χ0v) is 10.2. The van der Waals surface area contributed by atoms with E-state index in [2.05, 4.69) is 0 Å². The smallest absolute Gasteiger partial charge is 0.218 e. The van der Waals surface area contributed by atoms with Gasteiger partial charge in [0.15, 0.2) is 0 Å². The summed E-state index contributed by atoms with van der Waals surface area (Å²) in [5.74, 6) is -0.321. The van der Waals surface area contributed by atoms with E-state index in [-0.39, 0.29) is 12.4 Å². The summed E-state index contributed by atoms with van der Waals surface area (Å²) in [6, 6.07) is 5.86. The van der Waals surface area contributed by atoms with Crippen LogP contribution in [0, 0.1) is 5.82 Å². The van der Waals surface area contributed by atoms with Crippen molar-refractivity contribution in [3.8, 4) is 0 Å². The predicted molar refractivity (Wildman–Crippen MR) is 63.2 cm³/mol. The molecule has 4 nitrogen and oxygen atoms in total. The predicted octanol–water partition coefficient (Wildman–Crippen LogP) is 0.688. The minimum absolute atomic E-state index is 0.155. The first-order valence-corrected chi connectivity index (χ1v) is 6.98. The maximum atomic E-state index is 12.7. The number of nitrogens with two attached hydrogens (primary N) is 1. The molecule has 1 aromatic rings. The van der Waals surface area contributed by atoms with Gasteiger partial charge in [0.1, 0.15) is 5.82 Å². The molecule has 1 fully saturated rings. The Balaban J connectivity index is 2.13. The van der Waals surface area contributed by atoms with Gasteiger partial charge in [0.2, 0.25) is 10.0 Å². The first-order chi connectivity index (χ1) is 8.04. The van der Waals surface area contributed by atoms with E-state index in [0.717, 1.165) is 5.56 Å². The third kappa shape index (κ3) is 2.48. The molecule has 1 heterocycles. The number of halogens is 1. The molecule has 1 aliphatic heterocycles. The van der Waals surface area contributed by atoms with Crippen LogP contribution in [0.1, 0.15) is 12.0 Å². The average molecular weight is 258 g/mol. The monoisotopic (exact) mass is 258 g/mol. The normalized spacial score (nSPS) is 24.0. The second-order valence-electron chi connectivity index (χ2n) is 4.15. The van der Waals surface area contributed by atoms with Gasteiger partial charge >= 0.3 is 0 Å². The summed E-state index contributed by atoms with van der Waals surface area (Å²) in [7, 11) is -3.27. The average Bonchev–Trinajstić information content (AvgIpc) is 2.57. The van der Waals surface area contributed by atoms with E-state index in [9.17, 15) is 12.8 Å². The van der Waals surface area contributed by atoms with E-state index in [1.165, 1.54) is 16.4 Å². The van der Waals surface area contributed by atoms with E-state index in [4.69, 9.17) is 5.73 Å². The van der Waals surface area contributed by atoms with Crippen molar-refractivity contribution in [3.05, 3.63) is 35.6 Å². The standard InChI is InChI=1S/C11H15FN2O2S/c12-10-3-1-9(2-4-10)8-14-6-5-11(7-13)17(14,15)16/h1-4,11H,5-8,13H2. The summed E-state index contributed by atoms with van der Waals surface area (Å²) in [5.41, 5.74) is 6.21. The molecule has 0 aliphatic carbocycles. The van der Waals surface area contributed by atoms with Crippen LogP contribution in [0.25, 0.3) is 0 Å². The summed E-state index contributed by atoms with van der Waals surface area (Å²) in [4.78, 5) is 0. The van der Waals surface area contributed by atoms with Gasteiger partial charge in [0, 0.05) is 19.6 Å². The third-order valence-corrected chi connectivity index (χ3v) is 5.32. The van der Waals surface area contributed by atoms with E-state index in [1.54, 1.807) is 12.1 Å². The van der Waals surface area contributed by atoms with E-state index in [0.29, 0.717) is 19.5 Å². The molecule has 1 atom stereocenters. The second-order valence-corrected chi connectivity index (χ2v) is 6.36. The van der Waals surface area contributed by atoms with Crippen molar-refractivity contribution in [2.24, 2.45) is 5.73 Å². The van der Waals surface area contributed by atoms with Gasteiger partial charge in [-0.15, -0.1) is 0 Å². The SMILES string of the molecule is NCC1CCN(Cc2ccc(F)cc2)S1(=O)=O. The summed E-state index contributed by atoms with van der Waals surface area (Å²) < 4.78 is 38.1. The highest BCUT2D eigenvalue weighted by Gasteiger charge is 2.37. The summed E-state index contributed by atoms with van der Waals surface area (Å²) in [5, 5.41) is -0.469. The van der Waals surface area contributed by atoms with Crippen LogP contribution in [0.5, 0.6) is 0 Å². The first kappa shape index (κ1) is 12.5. The summed E-state index contributed by atoms with van der Waals surface area (Å²) in [6.07, 6.45) is 0.569. The summed E-state index contributed by atoms with van der Waals surface area (Å²) in [6.45, 7) is 0.933. The molecule has 0 bridgehead atoms. The number of benzene rings is 1. The molecule has 0 spiro atoms. The molecule has 0 saturated carbocycles. The van der Waals surface area contributed by atoms with Gasteiger partial charge in [-0.2, -0.15) is 4.31 Å². The molecule has 0 aromatic heterocycles. The van der Waals surface area contributed by atoms with Crippen LogP contribution < -0.4 is 5.73 Å². The van der Waals surface area contributed by atoms with Gasteiger partial charge in [0.05, 0.1) is 5.25 Å². The lowest BCUT2D eigenvalue weighted by Gasteiger charge is -2.16. The van der Waals surface area contributed by atoms with Crippen molar-refractivity contribution in [1.82, 2.24) is 4.31 Å². The molecule has 2 N–H and O–H groups in total. The van der Waals surface area contributed by atoms with Crippen molar-refractivity contribution in [2.45, 2.75) is 18.2 Å². The lowest BCUT2D eigenvalue weighted by molar-refractivity contribution is 0.439. The minimum atomic E-state index is -3.27. The largest absolute Gasteiger partial charge is 0.329 e. The van der Waals surface area contributed by atoms with Crippen molar-refractivity contribution >= 4 is 10.0 Å². The molecule has 0 radical (unpaired) electrons. The highest BCUT2D eigenvalue weighted by Crippen LogP contribution is 2.23. The van der Waals surface area contributed by atoms with Crippen molar-refractivity contribution < 1.29 is 12.8 Å². The fraction of sp³-hybridized carbons (Fsp3) is 0.455. The van der Waals surface area contributed by atoms with Crippen molar-refractivity contribution in [1.29, 1.82) is 0 Å². The Kier molecular flexibility index (Phi) is 3.46. The molecule has 0 amide bonds. The first-order valence-electron chi connectivity index (χ1n) is 5.47. The molecule has 17 heavy (non-hydrogen) atoms. The lowest BCUT2D eigenvalue weighted by atomic mass is 10.2. The van der Waals surface area contributed by atoms with Crippen LogP contribution >= 0.6 is 0 Å². The van der Waals surface area contributed by atoms with Gasteiger partial charge in [-0.05, 0) is 24.1 Å². The number of nitrogens with zero attached hydrogens (tertiary/aromatic N) is 1. The van der Waals surface area contributed by atoms with Gasteiger partial charge in [-0.1, -0.05) is 12.1 Å². The number of sulfonamides is 1. The van der Waals surface area contributed by atoms with Gasteiger partial charge in [-0.3, -0.25) is 0 Å². The van der Waals surface area contributed by atoms with Crippen LogP contribution in [-0.2, 0) is 16.6 Å². The Labute approximate surface area is 100 Å². The molecule has 6 heteroatoms. The van der Waals surface area contributed by atoms with Gasteiger partial charge in [0.25, 0.3) is 0 Å². The van der Waals surface area contributed by atoms with E-state index < -0.39 is 15.3 Å². The van der Waals surface area contributed by atoms with Gasteiger partial charge < -0.3 is 5.73 Å². The maximum Gasteiger partial charge on any atom is 0.218 e. The topological polar surface area (TPSA) is 63.4 Å². The highest BCUT2D eigenvalue weighted by atomic mass is 32.2. The number of hydrogen-bond donors (Lipinski definition) is 1. The van der Waals surface area contributed by atoms with Crippen LogP contribution in [0.15, 0.2) is 24.3 Å². The molecular formula is C11H15FN2O2S. The minimum Gasteiger partial charge on any atom is -0.329 e. The van der Waals surface area contributed by atoms with Crippen LogP contribution in [-0.4, -0.2) is 31.1 Å². The summed E-state index contributed by atoms with van der Waals surface area (Å²) >= 11 is 0. The Morgan fingerprint density at radius 3 is 2.53 bits per heavy atom. The quantitative estimate of drug-likeness (QED) is 0.867. The Morgan fingerprint density at radius 2 is 2.00 bits per heavy atom. The van der Waals surface area contributed by atoms with Gasteiger partial charge in [-0.25, -0.2) is 12.8 Å². The molecular weight excluding hydrogens is 243 g/mol. The highest BCUT2D eigenvalue weighted by molar-refractivity contribution is 7.90. The fourth-order valence-electron chi connectivity index (χ4n) is 1.98. The fourth-order valence-corrected chi connectivity index (χ4v) is 3.73. The van der Waals surface area contributed by atoms with Crippen LogP contribution in [0.2, 0.25) is 0 Å². The van der Waals surface area contributed by atoms with Crippen LogP contribution in [0.3, 0.4) is 0 Å². The number of rotatable bonds is 3. The lowest BCUT2D eigenvalue weighted by Crippen LogP contribution is -2.32. The molecule has 94 valence electrons. The molecule has 1 aromatic carbocycles. The maximum absolute atomic E-state index is 12.7. The Hall–Kier alpha value is -0.980. The van der Waals surface area contributed by atoms with E-state index >= 15 is 0 Å². The molecule has 1 unspecified atom stereocenters. The Morgan fingerprint density at radius 1 is 1.35 bits per heavy atom. The van der Waals surface area contributed by atoms with Crippen molar-refractivity contribution in [3.63, 3.8) is 0 Å². The number of hydrogen-bond acceptors (Lipinski definition) is 3. The molecule has 1 aliphatic rings. The van der Waals surface area contributed by atoms with E-state index in [1.807, 2.05) is 0 Å². The molecule has 2 rings (SSSR count). The molecule has 1 saturated heterocycles. The second kappa shape index (κ2) is 4.72. The Bertz CT molecular complexity index is 487. The van der Waals surface area contributed by atoms with Crippen molar-refractivity contribution in [2.75, 3.05) is 13.1 Å². The third-order valence-electron chi connectivity index (χ3n) is 3.02.